The van der Waals surface area contributed by atoms with Crippen LogP contribution in [0.25, 0.3) is 16.8 Å². The largest absolute Gasteiger partial charge is 0.300 e. The molecule has 0 amide bonds. The maximum Gasteiger partial charge on any atom is 0.269 e. The van der Waals surface area contributed by atoms with E-state index in [1.165, 1.54) is 30.5 Å². The molecule has 174 valence electrons. The van der Waals surface area contributed by atoms with Crippen LogP contribution >= 0.6 is 11.6 Å². The van der Waals surface area contributed by atoms with Gasteiger partial charge in [-0.2, -0.15) is 5.26 Å². The number of nitriles is 1. The Hall–Kier alpha value is -4.30. The van der Waals surface area contributed by atoms with Crippen LogP contribution in [0.2, 0.25) is 5.02 Å². The monoisotopic (exact) mass is 505 g/mol. The fourth-order valence-corrected chi connectivity index (χ4v) is 4.03. The number of aliphatic imine (C=N–C) groups is 1. The summed E-state index contributed by atoms with van der Waals surface area (Å²) in [4.78, 5) is 14.9. The fraction of sp³-hybridized carbons (Fsp3) is 0. The van der Waals surface area contributed by atoms with Gasteiger partial charge in [0.15, 0.2) is 5.82 Å². The molecule has 0 bridgehead atoms. The first-order chi connectivity index (χ1) is 16.7. The van der Waals surface area contributed by atoms with Crippen molar-refractivity contribution < 1.29 is 13.3 Å². The molecule has 1 aromatic heterocycles. The molecular formula is C24H16ClN5O4S. The van der Waals surface area contributed by atoms with Crippen LogP contribution in [0.4, 0.5) is 11.5 Å². The number of primary sulfonamides is 1. The van der Waals surface area contributed by atoms with Crippen molar-refractivity contribution in [2.24, 2.45) is 10.1 Å². The van der Waals surface area contributed by atoms with Crippen molar-refractivity contribution in [3.05, 3.63) is 105 Å². The molecule has 2 N–H and O–H groups in total. The minimum absolute atomic E-state index is 0.0526. The van der Waals surface area contributed by atoms with Crippen LogP contribution in [0.15, 0.2) is 88.9 Å². The lowest BCUT2D eigenvalue weighted by Gasteiger charge is -2.07. The van der Waals surface area contributed by atoms with E-state index in [1.807, 2.05) is 0 Å². The lowest BCUT2D eigenvalue weighted by atomic mass is 10.1. The minimum atomic E-state index is -3.87. The summed E-state index contributed by atoms with van der Waals surface area (Å²) in [5.74, 6) is 0.291. The molecule has 0 saturated heterocycles. The zero-order valence-electron chi connectivity index (χ0n) is 17.9. The van der Waals surface area contributed by atoms with Gasteiger partial charge in [0.2, 0.25) is 10.0 Å². The minimum Gasteiger partial charge on any atom is -0.300 e. The number of nitro groups is 1. The summed E-state index contributed by atoms with van der Waals surface area (Å²) >= 11 is 6.01. The third kappa shape index (κ3) is 5.12. The van der Waals surface area contributed by atoms with E-state index in [0.717, 1.165) is 5.56 Å². The van der Waals surface area contributed by atoms with Crippen LogP contribution in [0.3, 0.4) is 0 Å². The third-order valence-electron chi connectivity index (χ3n) is 5.13. The van der Waals surface area contributed by atoms with Gasteiger partial charge in [-0.25, -0.2) is 18.5 Å². The molecule has 0 atom stereocenters. The Morgan fingerprint density at radius 1 is 1.03 bits per heavy atom. The highest BCUT2D eigenvalue weighted by molar-refractivity contribution is 7.89. The van der Waals surface area contributed by atoms with E-state index in [9.17, 15) is 23.8 Å². The Labute approximate surface area is 205 Å². The lowest BCUT2D eigenvalue weighted by Crippen LogP contribution is -2.11. The van der Waals surface area contributed by atoms with E-state index in [1.54, 1.807) is 59.3 Å². The quantitative estimate of drug-likeness (QED) is 0.223. The number of nitrogens with zero attached hydrogens (tertiary/aromatic N) is 4. The van der Waals surface area contributed by atoms with Crippen LogP contribution in [-0.4, -0.2) is 24.1 Å². The molecule has 0 aliphatic heterocycles. The molecule has 4 rings (SSSR count). The molecule has 3 aromatic carbocycles. The fourth-order valence-electron chi connectivity index (χ4n) is 3.39. The summed E-state index contributed by atoms with van der Waals surface area (Å²) in [6.45, 7) is 0. The summed E-state index contributed by atoms with van der Waals surface area (Å²) in [5, 5.41) is 26.6. The van der Waals surface area contributed by atoms with Crippen molar-refractivity contribution >= 4 is 39.3 Å². The van der Waals surface area contributed by atoms with E-state index >= 15 is 0 Å². The van der Waals surface area contributed by atoms with E-state index in [2.05, 4.69) is 11.1 Å². The van der Waals surface area contributed by atoms with Gasteiger partial charge in [0.1, 0.15) is 11.6 Å². The van der Waals surface area contributed by atoms with Gasteiger partial charge in [-0.05, 0) is 59.7 Å². The van der Waals surface area contributed by atoms with Gasteiger partial charge in [0.05, 0.1) is 9.82 Å². The molecule has 1 heterocycles. The number of sulfonamides is 1. The number of benzene rings is 3. The Balaban J connectivity index is 1.86. The number of non-ortho nitro benzene ring substituents is 1. The number of halogens is 1. The Morgan fingerprint density at radius 2 is 1.66 bits per heavy atom. The summed E-state index contributed by atoms with van der Waals surface area (Å²) in [5.41, 5.74) is 2.69. The zero-order valence-corrected chi connectivity index (χ0v) is 19.4. The first-order valence-corrected chi connectivity index (χ1v) is 11.9. The smallest absolute Gasteiger partial charge is 0.269 e. The first kappa shape index (κ1) is 23.8. The van der Waals surface area contributed by atoms with Gasteiger partial charge in [-0.15, -0.1) is 0 Å². The molecular weight excluding hydrogens is 490 g/mol. The lowest BCUT2D eigenvalue weighted by molar-refractivity contribution is -0.384. The second-order valence-corrected chi connectivity index (χ2v) is 9.37. The Morgan fingerprint density at radius 3 is 2.20 bits per heavy atom. The maximum atomic E-state index is 11.6. The number of hydrogen-bond acceptors (Lipinski definition) is 6. The van der Waals surface area contributed by atoms with Crippen molar-refractivity contribution in [2.75, 3.05) is 0 Å². The second kappa shape index (κ2) is 9.52. The van der Waals surface area contributed by atoms with Crippen LogP contribution in [0.1, 0.15) is 11.1 Å². The number of rotatable bonds is 6. The van der Waals surface area contributed by atoms with E-state index in [4.69, 9.17) is 16.7 Å². The predicted molar refractivity (Wildman–Crippen MR) is 133 cm³/mol. The van der Waals surface area contributed by atoms with Crippen molar-refractivity contribution in [3.8, 4) is 22.9 Å². The second-order valence-electron chi connectivity index (χ2n) is 7.38. The van der Waals surface area contributed by atoms with Crippen LogP contribution in [0, 0.1) is 21.4 Å². The highest BCUT2D eigenvalue weighted by Crippen LogP contribution is 2.36. The van der Waals surface area contributed by atoms with Crippen molar-refractivity contribution in [3.63, 3.8) is 0 Å². The molecule has 0 saturated carbocycles. The maximum absolute atomic E-state index is 11.6. The molecule has 11 heteroatoms. The predicted octanol–water partition coefficient (Wildman–Crippen LogP) is 4.98. The van der Waals surface area contributed by atoms with Gasteiger partial charge in [-0.1, -0.05) is 23.7 Å². The first-order valence-electron chi connectivity index (χ1n) is 10.0. The SMILES string of the molecule is N#Cc1c(-c2ccc(Cl)cc2)cn(-c2ccc(S(N)(=O)=O)cc2)c1/N=C/c1ccc([N+](=O)[O-])cc1. The van der Waals surface area contributed by atoms with E-state index < -0.39 is 14.9 Å². The Kier molecular flexibility index (Phi) is 6.48. The standard InChI is InChI=1S/C24H16ClN5O4S/c25-18-5-3-17(4-6-18)23-15-29(19-9-11-21(12-10-19)35(27,33)34)24(22(23)13-26)28-14-16-1-7-20(8-2-16)30(31)32/h1-12,14-15H,(H2,27,33,34)/b28-14+. The molecule has 0 aliphatic rings. The van der Waals surface area contributed by atoms with E-state index in [-0.39, 0.29) is 16.1 Å². The topological polar surface area (TPSA) is 144 Å². The summed E-state index contributed by atoms with van der Waals surface area (Å²) < 4.78 is 24.9. The number of aromatic nitrogens is 1. The van der Waals surface area contributed by atoms with Crippen molar-refractivity contribution in [1.29, 1.82) is 5.26 Å². The Bertz CT molecular complexity index is 1590. The number of hydrogen-bond donors (Lipinski definition) is 1. The normalized spacial score (nSPS) is 11.5. The molecule has 9 nitrogen and oxygen atoms in total. The van der Waals surface area contributed by atoms with Crippen LogP contribution in [0.5, 0.6) is 0 Å². The third-order valence-corrected chi connectivity index (χ3v) is 6.31. The van der Waals surface area contributed by atoms with Gasteiger partial charge in [0, 0.05) is 40.8 Å². The average Bonchev–Trinajstić information content (AvgIpc) is 3.21. The molecule has 4 aromatic rings. The molecule has 0 aliphatic carbocycles. The molecule has 35 heavy (non-hydrogen) atoms. The number of nitro benzene ring substituents is 1. The summed E-state index contributed by atoms with van der Waals surface area (Å²) in [6, 6.07) is 20.8. The van der Waals surface area contributed by atoms with Crippen LogP contribution < -0.4 is 5.14 Å². The molecule has 0 spiro atoms. The van der Waals surface area contributed by atoms with E-state index in [0.29, 0.717) is 27.7 Å². The average molecular weight is 506 g/mol. The van der Waals surface area contributed by atoms with Gasteiger partial charge < -0.3 is 4.57 Å². The molecule has 0 radical (unpaired) electrons. The highest BCUT2D eigenvalue weighted by atomic mass is 35.5. The summed E-state index contributed by atoms with van der Waals surface area (Å²) in [7, 11) is -3.87. The molecule has 0 unspecified atom stereocenters. The number of nitrogens with two attached hydrogens (primary N) is 1. The zero-order chi connectivity index (χ0) is 25.2. The van der Waals surface area contributed by atoms with Crippen molar-refractivity contribution in [2.45, 2.75) is 4.90 Å². The van der Waals surface area contributed by atoms with Gasteiger partial charge in [-0.3, -0.25) is 10.1 Å². The molecule has 0 fully saturated rings. The summed E-state index contributed by atoms with van der Waals surface area (Å²) in [6.07, 6.45) is 3.21. The van der Waals surface area contributed by atoms with Gasteiger partial charge >= 0.3 is 0 Å². The van der Waals surface area contributed by atoms with Crippen molar-refractivity contribution in [1.82, 2.24) is 4.57 Å². The van der Waals surface area contributed by atoms with Gasteiger partial charge in [0.25, 0.3) is 5.69 Å². The van der Waals surface area contributed by atoms with Crippen LogP contribution in [-0.2, 0) is 10.0 Å². The highest BCUT2D eigenvalue weighted by Gasteiger charge is 2.18.